The fraction of sp³-hybridized carbons (Fsp3) is 0.393. The number of anilines is 1. The molecule has 4 rings (SSSR count). The lowest BCUT2D eigenvalue weighted by Gasteiger charge is -2.37. The number of methoxy groups -OCH3 is 4. The van der Waals surface area contributed by atoms with Gasteiger partial charge in [0.25, 0.3) is 0 Å². The predicted molar refractivity (Wildman–Crippen MR) is 147 cm³/mol. The lowest BCUT2D eigenvalue weighted by molar-refractivity contribution is 0.00526. The first kappa shape index (κ1) is 27.4. The summed E-state index contributed by atoms with van der Waals surface area (Å²) in [5, 5.41) is 3.64. The first-order valence-electron chi connectivity index (χ1n) is 12.3. The van der Waals surface area contributed by atoms with Crippen LogP contribution in [-0.4, -0.2) is 84.7 Å². The summed E-state index contributed by atoms with van der Waals surface area (Å²) in [6.07, 6.45) is -0.487. The Labute approximate surface area is 227 Å². The number of nitrogens with zero attached hydrogens (tertiary/aromatic N) is 2. The van der Waals surface area contributed by atoms with Gasteiger partial charge in [-0.3, -0.25) is 4.90 Å². The molecule has 0 amide bonds. The molecule has 1 fully saturated rings. The third-order valence-electron chi connectivity index (χ3n) is 6.36. The summed E-state index contributed by atoms with van der Waals surface area (Å²) in [5.74, 6) is 2.48. The van der Waals surface area contributed by atoms with E-state index in [1.165, 1.54) is 11.3 Å². The number of esters is 1. The van der Waals surface area contributed by atoms with Crippen LogP contribution in [0.3, 0.4) is 0 Å². The van der Waals surface area contributed by atoms with Gasteiger partial charge >= 0.3 is 5.97 Å². The summed E-state index contributed by atoms with van der Waals surface area (Å²) in [6, 6.07) is 13.3. The van der Waals surface area contributed by atoms with Crippen LogP contribution in [0.2, 0.25) is 0 Å². The topological polar surface area (TPSA) is 78.9 Å². The van der Waals surface area contributed by atoms with E-state index in [4.69, 9.17) is 28.4 Å². The van der Waals surface area contributed by atoms with Gasteiger partial charge in [-0.15, -0.1) is 0 Å². The Morgan fingerprint density at radius 2 is 1.58 bits per heavy atom. The van der Waals surface area contributed by atoms with Crippen molar-refractivity contribution >= 4 is 23.0 Å². The zero-order chi connectivity index (χ0) is 26.9. The van der Waals surface area contributed by atoms with E-state index < -0.39 is 6.10 Å². The molecule has 1 aliphatic heterocycles. The lowest BCUT2D eigenvalue weighted by Crippen LogP contribution is -2.50. The summed E-state index contributed by atoms with van der Waals surface area (Å²) in [7, 11) is 6.35. The molecule has 9 nitrogen and oxygen atoms in total. The Morgan fingerprint density at radius 3 is 2.18 bits per heavy atom. The van der Waals surface area contributed by atoms with Gasteiger partial charge in [-0.1, -0.05) is 12.1 Å². The molecule has 2 heterocycles. The second-order valence-electron chi connectivity index (χ2n) is 8.67. The fourth-order valence-electron chi connectivity index (χ4n) is 4.40. The van der Waals surface area contributed by atoms with E-state index in [9.17, 15) is 4.79 Å². The molecule has 1 aliphatic rings. The van der Waals surface area contributed by atoms with Gasteiger partial charge in [0, 0.05) is 50.2 Å². The van der Waals surface area contributed by atoms with Crippen LogP contribution < -0.4 is 28.6 Å². The molecule has 1 atom stereocenters. The second kappa shape index (κ2) is 13.3. The molecule has 38 heavy (non-hydrogen) atoms. The molecule has 1 aromatic heterocycles. The molecule has 204 valence electrons. The zero-order valence-corrected chi connectivity index (χ0v) is 23.0. The van der Waals surface area contributed by atoms with Crippen molar-refractivity contribution in [3.63, 3.8) is 0 Å². The van der Waals surface area contributed by atoms with Crippen LogP contribution in [0.25, 0.3) is 0 Å². The van der Waals surface area contributed by atoms with Gasteiger partial charge in [0.15, 0.2) is 11.5 Å². The van der Waals surface area contributed by atoms with Crippen molar-refractivity contribution < 1.29 is 33.2 Å². The molecule has 1 unspecified atom stereocenters. The number of para-hydroxylation sites is 2. The van der Waals surface area contributed by atoms with Gasteiger partial charge in [-0.25, -0.2) is 4.79 Å². The Kier molecular flexibility index (Phi) is 9.56. The van der Waals surface area contributed by atoms with E-state index in [1.54, 1.807) is 52.0 Å². The van der Waals surface area contributed by atoms with Gasteiger partial charge in [-0.2, -0.15) is 11.3 Å². The highest BCUT2D eigenvalue weighted by molar-refractivity contribution is 7.08. The van der Waals surface area contributed by atoms with Crippen LogP contribution in [0.15, 0.2) is 53.2 Å². The normalized spacial score (nSPS) is 14.5. The van der Waals surface area contributed by atoms with Gasteiger partial charge in [0.1, 0.15) is 24.2 Å². The highest BCUT2D eigenvalue weighted by Crippen LogP contribution is 2.40. The summed E-state index contributed by atoms with van der Waals surface area (Å²) >= 11 is 1.46. The van der Waals surface area contributed by atoms with Crippen molar-refractivity contribution in [1.29, 1.82) is 0 Å². The number of carbonyl (C=O) groups excluding carboxylic acids is 1. The highest BCUT2D eigenvalue weighted by atomic mass is 32.1. The number of benzene rings is 2. The van der Waals surface area contributed by atoms with E-state index in [1.807, 2.05) is 23.6 Å². The number of thiophene rings is 1. The lowest BCUT2D eigenvalue weighted by atomic mass is 10.2. The molecule has 3 aromatic rings. The molecule has 0 saturated carbocycles. The maximum absolute atomic E-state index is 12.8. The van der Waals surface area contributed by atoms with E-state index in [0.29, 0.717) is 35.1 Å². The van der Waals surface area contributed by atoms with Crippen molar-refractivity contribution in [1.82, 2.24) is 4.90 Å². The Bertz CT molecular complexity index is 1150. The van der Waals surface area contributed by atoms with Crippen LogP contribution in [0.5, 0.6) is 28.7 Å². The molecule has 0 bridgehead atoms. The maximum atomic E-state index is 12.8. The number of rotatable bonds is 12. The van der Waals surface area contributed by atoms with E-state index in [2.05, 4.69) is 15.9 Å². The number of hydrogen-bond donors (Lipinski definition) is 0. The van der Waals surface area contributed by atoms with Crippen molar-refractivity contribution in [3.8, 4) is 28.7 Å². The van der Waals surface area contributed by atoms with Crippen LogP contribution in [0.1, 0.15) is 10.4 Å². The largest absolute Gasteiger partial charge is 0.495 e. The molecular weight excluding hydrogens is 508 g/mol. The summed E-state index contributed by atoms with van der Waals surface area (Å²) in [4.78, 5) is 17.4. The van der Waals surface area contributed by atoms with Gasteiger partial charge in [-0.05, 0) is 23.6 Å². The smallest absolute Gasteiger partial charge is 0.339 e. The number of ether oxygens (including phenoxy) is 6. The standard InChI is InChI=1S/C28H34N2O7S/c1-32-24-8-6-5-7-23(24)30-12-10-29(11-13-30)17-22(37-28(31)20-9-14-38-19-20)18-36-21-15-25(33-2)27(35-4)26(16-21)34-3/h5-9,14-16,19,22H,10-13,17-18H2,1-4H3. The predicted octanol–water partition coefficient (Wildman–Crippen LogP) is 4.21. The van der Waals surface area contributed by atoms with Crippen molar-refractivity contribution in [2.75, 3.05) is 72.7 Å². The van der Waals surface area contributed by atoms with Crippen molar-refractivity contribution in [3.05, 3.63) is 58.8 Å². The van der Waals surface area contributed by atoms with Crippen LogP contribution in [0, 0.1) is 0 Å². The summed E-state index contributed by atoms with van der Waals surface area (Å²) in [6.45, 7) is 4.00. The molecular formula is C28H34N2O7S. The van der Waals surface area contributed by atoms with E-state index >= 15 is 0 Å². The third-order valence-corrected chi connectivity index (χ3v) is 7.05. The molecule has 1 saturated heterocycles. The molecule has 0 spiro atoms. The van der Waals surface area contributed by atoms with Gasteiger partial charge < -0.3 is 33.3 Å². The number of carbonyl (C=O) groups is 1. The van der Waals surface area contributed by atoms with Crippen molar-refractivity contribution in [2.24, 2.45) is 0 Å². The van der Waals surface area contributed by atoms with Crippen LogP contribution in [-0.2, 0) is 4.74 Å². The van der Waals surface area contributed by atoms with Crippen LogP contribution in [0.4, 0.5) is 5.69 Å². The number of hydrogen-bond acceptors (Lipinski definition) is 10. The van der Waals surface area contributed by atoms with Crippen LogP contribution >= 0.6 is 11.3 Å². The monoisotopic (exact) mass is 542 g/mol. The summed E-state index contributed by atoms with van der Waals surface area (Å²) in [5.41, 5.74) is 1.62. The molecule has 10 heteroatoms. The molecule has 0 radical (unpaired) electrons. The summed E-state index contributed by atoms with van der Waals surface area (Å²) < 4.78 is 33.8. The average molecular weight is 543 g/mol. The van der Waals surface area contributed by atoms with E-state index in [-0.39, 0.29) is 12.6 Å². The third kappa shape index (κ3) is 6.62. The second-order valence-corrected chi connectivity index (χ2v) is 9.45. The van der Waals surface area contributed by atoms with Crippen molar-refractivity contribution in [2.45, 2.75) is 6.10 Å². The molecule has 0 N–H and O–H groups in total. The minimum atomic E-state index is -0.487. The average Bonchev–Trinajstić information content (AvgIpc) is 3.51. The van der Waals surface area contributed by atoms with E-state index in [0.717, 1.165) is 37.6 Å². The van der Waals surface area contributed by atoms with Gasteiger partial charge in [0.05, 0.1) is 39.7 Å². The maximum Gasteiger partial charge on any atom is 0.339 e. The Morgan fingerprint density at radius 1 is 0.895 bits per heavy atom. The Hall–Kier alpha value is -3.63. The SMILES string of the molecule is COc1ccccc1N1CCN(CC(COc2cc(OC)c(OC)c(OC)c2)OC(=O)c2ccsc2)CC1. The van der Waals surface area contributed by atoms with Gasteiger partial charge in [0.2, 0.25) is 5.75 Å². The molecule has 2 aromatic carbocycles. The fourth-order valence-corrected chi connectivity index (χ4v) is 5.03. The quantitative estimate of drug-likeness (QED) is 0.313. The molecule has 0 aliphatic carbocycles. The first-order valence-corrected chi connectivity index (χ1v) is 13.3. The first-order chi connectivity index (χ1) is 18.6. The number of piperazine rings is 1. The minimum absolute atomic E-state index is 0.168. The zero-order valence-electron chi connectivity index (χ0n) is 22.2. The highest BCUT2D eigenvalue weighted by Gasteiger charge is 2.25. The Balaban J connectivity index is 1.43. The minimum Gasteiger partial charge on any atom is -0.495 e.